The first kappa shape index (κ1) is 24.8. The summed E-state index contributed by atoms with van der Waals surface area (Å²) in [4.78, 5) is 25.9. The number of ether oxygens (including phenoxy) is 1. The molecule has 0 radical (unpaired) electrons. The average molecular weight is 457 g/mol. The van der Waals surface area contributed by atoms with Crippen molar-refractivity contribution in [3.63, 3.8) is 0 Å². The third-order valence-electron chi connectivity index (χ3n) is 5.47. The molecule has 3 aromatic rings. The molecule has 0 bridgehead atoms. The molecule has 0 unspecified atom stereocenters. The van der Waals surface area contributed by atoms with E-state index in [-0.39, 0.29) is 22.9 Å². The Morgan fingerprint density at radius 2 is 1.53 bits per heavy atom. The van der Waals surface area contributed by atoms with Crippen LogP contribution in [0.1, 0.15) is 47.8 Å². The van der Waals surface area contributed by atoms with Gasteiger partial charge in [-0.1, -0.05) is 75.4 Å². The minimum Gasteiger partial charge on any atom is -0.497 e. The zero-order valence-corrected chi connectivity index (χ0v) is 20.2. The number of carbonyl (C=O) groups is 2. The van der Waals surface area contributed by atoms with E-state index in [0.29, 0.717) is 24.3 Å². The van der Waals surface area contributed by atoms with Crippen molar-refractivity contribution in [2.45, 2.75) is 32.6 Å². The van der Waals surface area contributed by atoms with Crippen molar-refractivity contribution in [2.24, 2.45) is 0 Å². The lowest BCUT2D eigenvalue weighted by Crippen LogP contribution is -2.35. The summed E-state index contributed by atoms with van der Waals surface area (Å²) in [5, 5.41) is 5.71. The van der Waals surface area contributed by atoms with Gasteiger partial charge in [0.05, 0.1) is 7.11 Å². The lowest BCUT2D eigenvalue weighted by Gasteiger charge is -2.19. The maximum atomic E-state index is 13.0. The van der Waals surface area contributed by atoms with Crippen molar-refractivity contribution in [3.05, 3.63) is 107 Å². The van der Waals surface area contributed by atoms with Gasteiger partial charge in [-0.15, -0.1) is 0 Å². The van der Waals surface area contributed by atoms with Gasteiger partial charge in [-0.2, -0.15) is 0 Å². The minimum absolute atomic E-state index is 0.00687. The maximum Gasteiger partial charge on any atom is 0.267 e. The normalized spacial score (nSPS) is 11.6. The molecule has 0 spiro atoms. The van der Waals surface area contributed by atoms with E-state index in [1.165, 1.54) is 0 Å². The van der Waals surface area contributed by atoms with Crippen LogP contribution in [0.3, 0.4) is 0 Å². The lowest BCUT2D eigenvalue weighted by atomic mass is 9.87. The summed E-state index contributed by atoms with van der Waals surface area (Å²) in [5.41, 5.74) is 3.71. The summed E-state index contributed by atoms with van der Waals surface area (Å²) in [6, 6.07) is 24.7. The molecule has 5 nitrogen and oxygen atoms in total. The Balaban J connectivity index is 1.76. The van der Waals surface area contributed by atoms with Crippen molar-refractivity contribution >= 4 is 17.9 Å². The van der Waals surface area contributed by atoms with Crippen molar-refractivity contribution in [2.75, 3.05) is 13.7 Å². The molecule has 0 aromatic heterocycles. The molecule has 176 valence electrons. The number of benzene rings is 3. The Morgan fingerprint density at radius 1 is 0.882 bits per heavy atom. The van der Waals surface area contributed by atoms with E-state index in [0.717, 1.165) is 16.7 Å². The highest BCUT2D eigenvalue weighted by molar-refractivity contribution is 6.05. The van der Waals surface area contributed by atoms with Gasteiger partial charge in [-0.05, 0) is 58.9 Å². The molecule has 0 saturated heterocycles. The van der Waals surface area contributed by atoms with E-state index in [1.54, 1.807) is 25.3 Å². The lowest BCUT2D eigenvalue weighted by molar-refractivity contribution is -0.117. The molecule has 3 aromatic carbocycles. The molecule has 3 rings (SSSR count). The predicted octanol–water partition coefficient (Wildman–Crippen LogP) is 5.12. The fraction of sp³-hybridized carbons (Fsp3) is 0.241. The fourth-order valence-electron chi connectivity index (χ4n) is 3.40. The Hall–Kier alpha value is -3.86. The van der Waals surface area contributed by atoms with Gasteiger partial charge in [0.1, 0.15) is 11.4 Å². The summed E-state index contributed by atoms with van der Waals surface area (Å²) >= 11 is 0. The van der Waals surface area contributed by atoms with Crippen LogP contribution in [-0.2, 0) is 16.6 Å². The molecule has 0 aliphatic rings. The van der Waals surface area contributed by atoms with Crippen LogP contribution in [0, 0.1) is 0 Å². The molecule has 0 aliphatic carbocycles. The third kappa shape index (κ3) is 7.07. The second-order valence-corrected chi connectivity index (χ2v) is 9.10. The fourth-order valence-corrected chi connectivity index (χ4v) is 3.40. The number of hydrogen-bond donors (Lipinski definition) is 2. The van der Waals surface area contributed by atoms with Crippen LogP contribution < -0.4 is 15.4 Å². The van der Waals surface area contributed by atoms with Crippen molar-refractivity contribution in [3.8, 4) is 5.75 Å². The molecule has 5 heteroatoms. The molecule has 0 aliphatic heterocycles. The Kier molecular flexibility index (Phi) is 8.25. The summed E-state index contributed by atoms with van der Waals surface area (Å²) in [6.45, 7) is 6.83. The van der Waals surface area contributed by atoms with Crippen molar-refractivity contribution < 1.29 is 14.3 Å². The average Bonchev–Trinajstić information content (AvgIpc) is 2.84. The highest BCUT2D eigenvalue weighted by Gasteiger charge is 2.17. The van der Waals surface area contributed by atoms with Crippen LogP contribution in [0.15, 0.2) is 84.6 Å². The van der Waals surface area contributed by atoms with E-state index >= 15 is 0 Å². The molecule has 0 fully saturated rings. The van der Waals surface area contributed by atoms with Gasteiger partial charge >= 0.3 is 0 Å². The molecule has 0 saturated carbocycles. The second-order valence-electron chi connectivity index (χ2n) is 9.10. The first-order valence-electron chi connectivity index (χ1n) is 11.4. The number of carbonyl (C=O) groups excluding carboxylic acids is 2. The highest BCUT2D eigenvalue weighted by Crippen LogP contribution is 2.22. The summed E-state index contributed by atoms with van der Waals surface area (Å²) in [5.74, 6) is 0.0406. The van der Waals surface area contributed by atoms with Gasteiger partial charge < -0.3 is 15.4 Å². The van der Waals surface area contributed by atoms with Crippen LogP contribution in [0.5, 0.6) is 5.75 Å². The number of methoxy groups -OCH3 is 1. The van der Waals surface area contributed by atoms with Gasteiger partial charge in [0.2, 0.25) is 0 Å². The number of amides is 2. The first-order valence-corrected chi connectivity index (χ1v) is 11.4. The zero-order valence-electron chi connectivity index (χ0n) is 20.2. The Morgan fingerprint density at radius 3 is 2.12 bits per heavy atom. The van der Waals surface area contributed by atoms with Gasteiger partial charge in [-0.3, -0.25) is 9.59 Å². The van der Waals surface area contributed by atoms with Crippen LogP contribution in [0.25, 0.3) is 6.08 Å². The number of rotatable bonds is 8. The monoisotopic (exact) mass is 456 g/mol. The van der Waals surface area contributed by atoms with E-state index in [9.17, 15) is 9.59 Å². The van der Waals surface area contributed by atoms with Crippen molar-refractivity contribution in [1.29, 1.82) is 0 Å². The van der Waals surface area contributed by atoms with Gasteiger partial charge in [0, 0.05) is 12.1 Å². The Bertz CT molecular complexity index is 1130. The number of hydrogen-bond acceptors (Lipinski definition) is 3. The van der Waals surface area contributed by atoms with Crippen LogP contribution in [-0.4, -0.2) is 25.5 Å². The van der Waals surface area contributed by atoms with Gasteiger partial charge in [0.15, 0.2) is 0 Å². The van der Waals surface area contributed by atoms with Gasteiger partial charge in [-0.25, -0.2) is 0 Å². The van der Waals surface area contributed by atoms with Crippen LogP contribution >= 0.6 is 0 Å². The van der Waals surface area contributed by atoms with Crippen LogP contribution in [0.2, 0.25) is 0 Å². The first-order chi connectivity index (χ1) is 16.3. The van der Waals surface area contributed by atoms with E-state index in [2.05, 4.69) is 31.4 Å². The molecule has 0 atom stereocenters. The predicted molar refractivity (Wildman–Crippen MR) is 137 cm³/mol. The second kappa shape index (κ2) is 11.3. The molecular formula is C29H32N2O3. The topological polar surface area (TPSA) is 67.4 Å². The zero-order chi connectivity index (χ0) is 24.6. The van der Waals surface area contributed by atoms with Crippen molar-refractivity contribution in [1.82, 2.24) is 10.6 Å². The summed E-state index contributed by atoms with van der Waals surface area (Å²) in [6.07, 6.45) is 2.36. The third-order valence-corrected chi connectivity index (χ3v) is 5.47. The number of nitrogens with one attached hydrogen (secondary N) is 2. The SMILES string of the molecule is COc1ccc(C=C(NC(=O)c2ccc(C(C)(C)C)cc2)C(=O)NCCc2ccccc2)cc1. The summed E-state index contributed by atoms with van der Waals surface area (Å²) < 4.78 is 5.20. The van der Waals surface area contributed by atoms with E-state index in [4.69, 9.17) is 4.74 Å². The summed E-state index contributed by atoms with van der Waals surface area (Å²) in [7, 11) is 1.60. The highest BCUT2D eigenvalue weighted by atomic mass is 16.5. The van der Waals surface area contributed by atoms with Gasteiger partial charge in [0.25, 0.3) is 11.8 Å². The smallest absolute Gasteiger partial charge is 0.267 e. The standard InChI is InChI=1S/C29H32N2O3/c1-29(2,3)24-14-12-23(13-15-24)27(32)31-26(20-22-10-16-25(34-4)17-11-22)28(33)30-19-18-21-8-6-5-7-9-21/h5-17,20H,18-19H2,1-4H3,(H,30,33)(H,31,32). The quantitative estimate of drug-likeness (QED) is 0.462. The van der Waals surface area contributed by atoms with E-state index in [1.807, 2.05) is 66.7 Å². The maximum absolute atomic E-state index is 13.0. The Labute approximate surface area is 201 Å². The molecule has 34 heavy (non-hydrogen) atoms. The molecule has 2 N–H and O–H groups in total. The van der Waals surface area contributed by atoms with Crippen LogP contribution in [0.4, 0.5) is 0 Å². The minimum atomic E-state index is -0.341. The molecular weight excluding hydrogens is 424 g/mol. The largest absolute Gasteiger partial charge is 0.497 e. The molecule has 0 heterocycles. The van der Waals surface area contributed by atoms with E-state index < -0.39 is 0 Å². The molecule has 2 amide bonds.